The van der Waals surface area contributed by atoms with Gasteiger partial charge in [0.05, 0.1) is 124 Å². The molecule has 4 atom stereocenters. The van der Waals surface area contributed by atoms with E-state index in [0.29, 0.717) is 189 Å². The third-order valence-corrected chi connectivity index (χ3v) is 25.6. The fraction of sp³-hybridized carbons (Fsp3) is 0.315. The van der Waals surface area contributed by atoms with E-state index < -0.39 is 5.97 Å². The number of hydrogen-bond acceptors (Lipinski definition) is 23. The van der Waals surface area contributed by atoms with Crippen LogP contribution < -0.4 is 48.9 Å². The number of aryl methyl sites for hydroxylation is 2. The minimum absolute atomic E-state index is 0.0679. The predicted octanol–water partition coefficient (Wildman–Crippen LogP) is 17.7. The Kier molecular flexibility index (Phi) is 30.7. The fourth-order valence-corrected chi connectivity index (χ4v) is 17.9. The van der Waals surface area contributed by atoms with Crippen molar-refractivity contribution in [3.05, 3.63) is 250 Å². The molecule has 0 radical (unpaired) electrons. The Morgan fingerprint density at radius 2 is 0.662 bits per heavy atom. The van der Waals surface area contributed by atoms with Gasteiger partial charge < -0.3 is 73.7 Å². The standard InChI is InChI=1S/C54H54N6O9.C44H43N5O6.C10H13NO4/c1-34-24-43-45(55-30-40-26-38(33-59(40)53(43)64)36-13-17-42(66-2)18-14-36)28-47(34)68-22-8-5-9-23-69-49-29-46-44(27-48(49)67-3)54(65)60-32-37(25-41(60)31-56-46)35-11-15-39(16-12-35)57-50(61)10-6-4-7-21-58-51(62)19-20-52(58)63;1-27-17-36-38(46-23-33-19-31(26-48(33)43(36)50)29-9-13-35(52-2)14-10-29)21-40(27)54-15-5-4-6-16-55-42-22-39-37(20-41(42)53-3)44(51)49-25-30(18-34(49)24-47-39)28-7-11-32(45)12-8-28;12-8-5-6-9(13)11(8)7-3-1-2-4-10(14)15/h11-20,24,27-33,40-41H,4-10,21-23,25-26H2,1-3H3,(H,57,61);7-14,17,20-26,33-34H,4-6,15-16,18-19,45H2,1-3H3;5-6H,1-4,7H2,(H,14,15)/t40-,41-;33-,34-;/m00./s1. The summed E-state index contributed by atoms with van der Waals surface area (Å²) in [4.78, 5) is 152. The molecular formula is C108H110N12O19. The first-order chi connectivity index (χ1) is 67.5. The number of nitrogens with one attached hydrogen (secondary N) is 1. The number of unbranched alkanes of at least 4 members (excludes halogenated alkanes) is 8. The number of carboxylic acids is 1. The normalized spacial score (nSPS) is 17.6. The highest BCUT2D eigenvalue weighted by Crippen LogP contribution is 2.45. The summed E-state index contributed by atoms with van der Waals surface area (Å²) in [5, 5.41) is 11.3. The molecule has 0 fully saturated rings. The largest absolute Gasteiger partial charge is 0.497 e. The van der Waals surface area contributed by atoms with Gasteiger partial charge in [-0.05, 0) is 207 Å². The van der Waals surface area contributed by atoms with Gasteiger partial charge in [-0.25, -0.2) is 0 Å². The van der Waals surface area contributed by atoms with Crippen molar-refractivity contribution in [1.29, 1.82) is 0 Å². The lowest BCUT2D eigenvalue weighted by Gasteiger charge is -2.19. The van der Waals surface area contributed by atoms with Crippen molar-refractivity contribution in [2.75, 3.05) is 79.0 Å². The van der Waals surface area contributed by atoms with Gasteiger partial charge >= 0.3 is 5.97 Å². The molecule has 8 aromatic carbocycles. The Morgan fingerprint density at radius 1 is 0.360 bits per heavy atom. The van der Waals surface area contributed by atoms with Crippen LogP contribution in [0.25, 0.3) is 22.3 Å². The highest BCUT2D eigenvalue weighted by atomic mass is 16.5. The molecule has 18 rings (SSSR count). The van der Waals surface area contributed by atoms with Crippen LogP contribution >= 0.6 is 0 Å². The van der Waals surface area contributed by atoms with E-state index in [1.165, 1.54) is 34.1 Å². The summed E-state index contributed by atoms with van der Waals surface area (Å²) in [5.41, 5.74) is 21.6. The predicted molar refractivity (Wildman–Crippen MR) is 529 cm³/mol. The molecule has 0 bridgehead atoms. The number of aliphatic imine (C=N–C) groups is 4. The zero-order chi connectivity index (χ0) is 97.3. The Bertz CT molecular complexity index is 6370. The van der Waals surface area contributed by atoms with Crippen LogP contribution in [0.4, 0.5) is 34.1 Å². The van der Waals surface area contributed by atoms with Gasteiger partial charge in [-0.1, -0.05) is 61.4 Å². The first kappa shape index (κ1) is 96.3. The van der Waals surface area contributed by atoms with Gasteiger partial charge in [0.1, 0.15) is 23.0 Å². The number of aliphatic carboxylic acids is 1. The molecule has 0 saturated heterocycles. The van der Waals surface area contributed by atoms with Gasteiger partial charge in [-0.3, -0.25) is 77.7 Å². The zero-order valence-corrected chi connectivity index (χ0v) is 78.4. The number of amides is 9. The van der Waals surface area contributed by atoms with E-state index in [2.05, 4.69) is 5.32 Å². The first-order valence-corrected chi connectivity index (χ1v) is 46.9. The van der Waals surface area contributed by atoms with Crippen molar-refractivity contribution in [2.24, 2.45) is 20.0 Å². The summed E-state index contributed by atoms with van der Waals surface area (Å²) in [7, 11) is 6.41. The molecule has 0 aliphatic carbocycles. The Morgan fingerprint density at radius 3 is 0.993 bits per heavy atom. The van der Waals surface area contributed by atoms with Crippen LogP contribution in [0.2, 0.25) is 0 Å². The SMILES string of the molecule is COc1ccc(C2=CN3C(=O)c4cc(C)c(OCCCCCOc5cc6c(cc5OC)C(=O)N5C=C(c7ccc(N)cc7)C[C@H]5C=N6)cc4N=C[C@@H]3C2)cc1.COc1ccc(C2=CN3C(=O)c4cc(C)c(OCCCCCOc5cc6c(cc5OC)C(=O)N5C=C(c7ccc(NC(=O)CCCCCN8C(=O)C=CC8=O)cc7)C[C@H]5C=N6)cc4N=C[C@@H]3C2)cc1.O=C(O)CCCCCN1C(=O)C=CC1=O. The van der Waals surface area contributed by atoms with E-state index in [4.69, 9.17) is 68.7 Å². The van der Waals surface area contributed by atoms with E-state index in [-0.39, 0.29) is 83.8 Å². The van der Waals surface area contributed by atoms with Crippen LogP contribution in [-0.4, -0.2) is 211 Å². The van der Waals surface area contributed by atoms with Gasteiger partial charge in [-0.2, -0.15) is 0 Å². The molecule has 9 amide bonds. The molecule has 10 aliphatic heterocycles. The van der Waals surface area contributed by atoms with Crippen LogP contribution in [0.5, 0.6) is 46.0 Å². The Labute approximate surface area is 805 Å². The van der Waals surface area contributed by atoms with Crippen LogP contribution in [0, 0.1) is 13.8 Å². The average molecular weight is 1880 g/mol. The van der Waals surface area contributed by atoms with E-state index in [1.807, 2.05) is 179 Å². The minimum atomic E-state index is -0.815. The molecular weight excluding hydrogens is 1770 g/mol. The number of carbonyl (C=O) groups excluding carboxylic acids is 9. The second-order valence-corrected chi connectivity index (χ2v) is 35.0. The van der Waals surface area contributed by atoms with Crippen molar-refractivity contribution in [1.82, 2.24) is 29.4 Å². The number of nitrogens with zero attached hydrogens (tertiary/aromatic N) is 10. The van der Waals surface area contributed by atoms with Crippen LogP contribution in [0.1, 0.15) is 190 Å². The lowest BCUT2D eigenvalue weighted by atomic mass is 10.0. The van der Waals surface area contributed by atoms with Crippen molar-refractivity contribution in [3.63, 3.8) is 0 Å². The van der Waals surface area contributed by atoms with Crippen molar-refractivity contribution in [2.45, 2.75) is 154 Å². The maximum absolute atomic E-state index is 14.0. The maximum atomic E-state index is 14.0. The number of benzene rings is 8. The Balaban J connectivity index is 0.000000177. The number of hydrogen-bond donors (Lipinski definition) is 3. The van der Waals surface area contributed by atoms with Crippen LogP contribution in [0.3, 0.4) is 0 Å². The number of anilines is 2. The molecule has 0 saturated carbocycles. The quantitative estimate of drug-likeness (QED) is 0.0185. The lowest BCUT2D eigenvalue weighted by molar-refractivity contribution is -0.138. The maximum Gasteiger partial charge on any atom is 0.303 e. The number of methoxy groups -OCH3 is 4. The van der Waals surface area contributed by atoms with Gasteiger partial charge in [-0.15, -0.1) is 0 Å². The smallest absolute Gasteiger partial charge is 0.303 e. The number of carbonyl (C=O) groups is 10. The van der Waals surface area contributed by atoms with E-state index in [0.717, 1.165) is 118 Å². The van der Waals surface area contributed by atoms with Crippen LogP contribution in [0.15, 0.2) is 215 Å². The Hall–Kier alpha value is -15.8. The summed E-state index contributed by atoms with van der Waals surface area (Å²) in [6, 6.07) is 44.6. The molecule has 716 valence electrons. The summed E-state index contributed by atoms with van der Waals surface area (Å²) in [5.74, 6) is 2.46. The van der Waals surface area contributed by atoms with Crippen LogP contribution in [-0.2, 0) is 28.8 Å². The van der Waals surface area contributed by atoms with Crippen molar-refractivity contribution in [3.8, 4) is 46.0 Å². The van der Waals surface area contributed by atoms with Gasteiger partial charge in [0.2, 0.25) is 5.91 Å². The number of carboxylic acid groups (broad SMARTS) is 1. The average Bonchev–Trinajstić information content (AvgIpc) is 1.62. The molecule has 0 aromatic heterocycles. The number of imide groups is 2. The second kappa shape index (κ2) is 44.3. The number of nitrogens with two attached hydrogens (primary N) is 1. The monoisotopic (exact) mass is 1880 g/mol. The summed E-state index contributed by atoms with van der Waals surface area (Å²) in [6.45, 7) is 6.55. The molecule has 139 heavy (non-hydrogen) atoms. The van der Waals surface area contributed by atoms with E-state index >= 15 is 0 Å². The summed E-state index contributed by atoms with van der Waals surface area (Å²) >= 11 is 0. The highest BCUT2D eigenvalue weighted by molar-refractivity contribution is 6.14. The lowest BCUT2D eigenvalue weighted by Crippen LogP contribution is -2.32. The molecule has 0 spiro atoms. The zero-order valence-electron chi connectivity index (χ0n) is 78.4. The third-order valence-electron chi connectivity index (χ3n) is 25.6. The molecule has 0 unspecified atom stereocenters. The number of fused-ring (bicyclic) bond motifs is 8. The molecule has 31 heteroatoms. The highest BCUT2D eigenvalue weighted by Gasteiger charge is 2.39. The molecule has 8 aromatic rings. The summed E-state index contributed by atoms with van der Waals surface area (Å²) < 4.78 is 46.6. The van der Waals surface area contributed by atoms with Gasteiger partial charge in [0.25, 0.3) is 47.3 Å². The molecule has 10 aliphatic rings. The van der Waals surface area contributed by atoms with Crippen molar-refractivity contribution < 1.29 is 90.9 Å². The van der Waals surface area contributed by atoms with E-state index in [9.17, 15) is 47.9 Å². The minimum Gasteiger partial charge on any atom is -0.497 e. The first-order valence-electron chi connectivity index (χ1n) is 46.9. The molecule has 10 heterocycles. The summed E-state index contributed by atoms with van der Waals surface area (Å²) in [6.07, 6.45) is 32.0. The van der Waals surface area contributed by atoms with Gasteiger partial charge in [0.15, 0.2) is 23.0 Å². The fourth-order valence-electron chi connectivity index (χ4n) is 17.9. The van der Waals surface area contributed by atoms with E-state index in [1.54, 1.807) is 78.5 Å². The number of ether oxygens (including phenoxy) is 8. The van der Waals surface area contributed by atoms with Crippen molar-refractivity contribution >= 4 is 140 Å². The van der Waals surface area contributed by atoms with Gasteiger partial charge in [0, 0.05) is 161 Å². The molecule has 4 N–H and O–H groups in total. The number of rotatable bonds is 37. The topological polar surface area (TPSA) is 372 Å². The third kappa shape index (κ3) is 22.8. The number of nitrogen functional groups attached to an aromatic ring is 1. The second-order valence-electron chi connectivity index (χ2n) is 35.0. The molecule has 31 nitrogen and oxygen atoms in total.